The molecule has 17 heavy (non-hydrogen) atoms. The summed E-state index contributed by atoms with van der Waals surface area (Å²) in [6.07, 6.45) is 2.99. The zero-order valence-corrected chi connectivity index (χ0v) is 10.3. The largest absolute Gasteiger partial charge is 0.506 e. The second-order valence-corrected chi connectivity index (χ2v) is 6.57. The Morgan fingerprint density at radius 3 is 2.94 bits per heavy atom. The van der Waals surface area contributed by atoms with Crippen LogP contribution in [0.15, 0.2) is 18.3 Å². The van der Waals surface area contributed by atoms with Crippen molar-refractivity contribution in [2.75, 3.05) is 11.5 Å². The summed E-state index contributed by atoms with van der Waals surface area (Å²) in [6.45, 7) is 0.528. The lowest BCUT2D eigenvalue weighted by Gasteiger charge is -2.22. The Balaban J connectivity index is 1.88. The topological polar surface area (TPSA) is 79.3 Å². The van der Waals surface area contributed by atoms with Gasteiger partial charge in [0.2, 0.25) is 0 Å². The number of pyridine rings is 1. The van der Waals surface area contributed by atoms with E-state index in [-0.39, 0.29) is 17.5 Å². The fraction of sp³-hybridized carbons (Fsp3) is 0.545. The van der Waals surface area contributed by atoms with Gasteiger partial charge < -0.3 is 10.4 Å². The number of hydrogen-bond donors (Lipinski definition) is 2. The molecule has 1 aliphatic heterocycles. The molecule has 1 unspecified atom stereocenters. The number of aromatic nitrogens is 1. The van der Waals surface area contributed by atoms with Crippen molar-refractivity contribution in [3.8, 4) is 5.75 Å². The summed E-state index contributed by atoms with van der Waals surface area (Å²) in [4.78, 5) is 4.04. The first-order chi connectivity index (χ1) is 8.05. The predicted molar refractivity (Wildman–Crippen MR) is 64.4 cm³/mol. The van der Waals surface area contributed by atoms with E-state index in [0.29, 0.717) is 12.3 Å². The number of nitrogens with one attached hydrogen (secondary N) is 1. The van der Waals surface area contributed by atoms with Crippen LogP contribution in [0.3, 0.4) is 0 Å². The van der Waals surface area contributed by atoms with Crippen molar-refractivity contribution in [1.29, 1.82) is 0 Å². The average Bonchev–Trinajstić information content (AvgIpc) is 2.27. The summed E-state index contributed by atoms with van der Waals surface area (Å²) in [6, 6.07) is 3.31. The third-order valence-corrected chi connectivity index (χ3v) is 4.66. The maximum atomic E-state index is 11.4. The Kier molecular flexibility index (Phi) is 3.63. The molecule has 2 heterocycles. The fourth-order valence-electron chi connectivity index (χ4n) is 1.95. The van der Waals surface area contributed by atoms with E-state index in [1.54, 1.807) is 12.1 Å². The van der Waals surface area contributed by atoms with Crippen molar-refractivity contribution in [3.63, 3.8) is 0 Å². The van der Waals surface area contributed by atoms with E-state index >= 15 is 0 Å². The highest BCUT2D eigenvalue weighted by Gasteiger charge is 2.24. The molecule has 1 aliphatic rings. The lowest BCUT2D eigenvalue weighted by atomic mass is 10.2. The van der Waals surface area contributed by atoms with Gasteiger partial charge >= 0.3 is 0 Å². The molecule has 0 aromatic carbocycles. The molecular formula is C11H16N2O3S. The van der Waals surface area contributed by atoms with Crippen molar-refractivity contribution in [3.05, 3.63) is 24.0 Å². The molecule has 1 fully saturated rings. The average molecular weight is 256 g/mol. The monoisotopic (exact) mass is 256 g/mol. The van der Waals surface area contributed by atoms with Crippen LogP contribution in [0.1, 0.15) is 18.5 Å². The van der Waals surface area contributed by atoms with E-state index < -0.39 is 9.84 Å². The lowest BCUT2D eigenvalue weighted by Crippen LogP contribution is -2.39. The third kappa shape index (κ3) is 3.67. The maximum absolute atomic E-state index is 11.4. The first-order valence-corrected chi connectivity index (χ1v) is 7.45. The summed E-state index contributed by atoms with van der Waals surface area (Å²) in [5.74, 6) is 0.655. The second kappa shape index (κ2) is 5.01. The Morgan fingerprint density at radius 1 is 1.47 bits per heavy atom. The summed E-state index contributed by atoms with van der Waals surface area (Å²) in [7, 11) is -2.87. The normalized spacial score (nSPS) is 23.4. The van der Waals surface area contributed by atoms with E-state index in [1.807, 2.05) is 0 Å². The van der Waals surface area contributed by atoms with Crippen LogP contribution >= 0.6 is 0 Å². The first kappa shape index (κ1) is 12.3. The quantitative estimate of drug-likeness (QED) is 0.821. The standard InChI is InChI=1S/C11H16N2O3S/c14-11-4-3-9(13-7-11)6-12-10-2-1-5-17(15,16)8-10/h3-4,7,10,12,14H,1-2,5-6,8H2. The third-order valence-electron chi connectivity index (χ3n) is 2.84. The highest BCUT2D eigenvalue weighted by molar-refractivity contribution is 7.91. The maximum Gasteiger partial charge on any atom is 0.151 e. The van der Waals surface area contributed by atoms with Crippen molar-refractivity contribution >= 4 is 9.84 Å². The highest BCUT2D eigenvalue weighted by atomic mass is 32.2. The smallest absolute Gasteiger partial charge is 0.151 e. The zero-order chi connectivity index (χ0) is 12.3. The van der Waals surface area contributed by atoms with Gasteiger partial charge in [0.1, 0.15) is 5.75 Å². The van der Waals surface area contributed by atoms with Crippen molar-refractivity contribution in [2.45, 2.75) is 25.4 Å². The number of rotatable bonds is 3. The lowest BCUT2D eigenvalue weighted by molar-refractivity contribution is 0.467. The molecular weight excluding hydrogens is 240 g/mol. The molecule has 0 spiro atoms. The van der Waals surface area contributed by atoms with Crippen LogP contribution < -0.4 is 5.32 Å². The van der Waals surface area contributed by atoms with Gasteiger partial charge in [-0.2, -0.15) is 0 Å². The van der Waals surface area contributed by atoms with Crippen LogP contribution in [-0.4, -0.2) is 36.1 Å². The fourth-order valence-corrected chi connectivity index (χ4v) is 3.62. The van der Waals surface area contributed by atoms with Gasteiger partial charge in [-0.15, -0.1) is 0 Å². The van der Waals surface area contributed by atoms with Crippen molar-refractivity contribution in [2.24, 2.45) is 0 Å². The SMILES string of the molecule is O=S1(=O)CCCC(NCc2ccc(O)cn2)C1. The summed E-state index contributed by atoms with van der Waals surface area (Å²) < 4.78 is 22.9. The van der Waals surface area contributed by atoms with Crippen molar-refractivity contribution in [1.82, 2.24) is 10.3 Å². The van der Waals surface area contributed by atoms with Crippen LogP contribution in [0, 0.1) is 0 Å². The van der Waals surface area contributed by atoms with Gasteiger partial charge in [-0.1, -0.05) is 0 Å². The molecule has 0 saturated carbocycles. The molecule has 1 aromatic rings. The second-order valence-electron chi connectivity index (χ2n) is 4.34. The van der Waals surface area contributed by atoms with Crippen LogP contribution in [-0.2, 0) is 16.4 Å². The van der Waals surface area contributed by atoms with Gasteiger partial charge in [0.25, 0.3) is 0 Å². The van der Waals surface area contributed by atoms with E-state index in [2.05, 4.69) is 10.3 Å². The molecule has 0 radical (unpaired) electrons. The Hall–Kier alpha value is -1.14. The summed E-state index contributed by atoms with van der Waals surface area (Å²) >= 11 is 0. The molecule has 1 aromatic heterocycles. The van der Waals surface area contributed by atoms with Gasteiger partial charge in [-0.05, 0) is 25.0 Å². The number of nitrogens with zero attached hydrogens (tertiary/aromatic N) is 1. The minimum absolute atomic E-state index is 0.0179. The van der Waals surface area contributed by atoms with Crippen LogP contribution in [0.4, 0.5) is 0 Å². The van der Waals surface area contributed by atoms with E-state index in [4.69, 9.17) is 5.11 Å². The summed E-state index contributed by atoms with van der Waals surface area (Å²) in [5, 5.41) is 12.3. The highest BCUT2D eigenvalue weighted by Crippen LogP contribution is 2.13. The molecule has 94 valence electrons. The van der Waals surface area contributed by atoms with Crippen LogP contribution in [0.5, 0.6) is 5.75 Å². The molecule has 0 bridgehead atoms. The number of hydrogen-bond acceptors (Lipinski definition) is 5. The van der Waals surface area contributed by atoms with E-state index in [1.165, 1.54) is 6.20 Å². The molecule has 0 aliphatic carbocycles. The van der Waals surface area contributed by atoms with Gasteiger partial charge in [0.05, 0.1) is 23.4 Å². The van der Waals surface area contributed by atoms with Gasteiger partial charge in [-0.3, -0.25) is 4.98 Å². The van der Waals surface area contributed by atoms with Crippen LogP contribution in [0.25, 0.3) is 0 Å². The zero-order valence-electron chi connectivity index (χ0n) is 9.46. The Labute approximate surface area is 101 Å². The summed E-state index contributed by atoms with van der Waals surface area (Å²) in [5.41, 5.74) is 0.797. The molecule has 5 nitrogen and oxygen atoms in total. The minimum Gasteiger partial charge on any atom is -0.506 e. The Morgan fingerprint density at radius 2 is 2.29 bits per heavy atom. The van der Waals surface area contributed by atoms with Gasteiger partial charge in [0, 0.05) is 12.6 Å². The number of sulfone groups is 1. The molecule has 1 saturated heterocycles. The van der Waals surface area contributed by atoms with Gasteiger partial charge in [-0.25, -0.2) is 8.42 Å². The molecule has 2 rings (SSSR count). The molecule has 6 heteroatoms. The Bertz CT molecular complexity index is 470. The van der Waals surface area contributed by atoms with E-state index in [9.17, 15) is 8.42 Å². The molecule has 2 N–H and O–H groups in total. The predicted octanol–water partition coefficient (Wildman–Crippen LogP) is 0.454. The molecule has 0 amide bonds. The van der Waals surface area contributed by atoms with Gasteiger partial charge in [0.15, 0.2) is 9.84 Å². The van der Waals surface area contributed by atoms with Crippen molar-refractivity contribution < 1.29 is 13.5 Å². The van der Waals surface area contributed by atoms with Crippen LogP contribution in [0.2, 0.25) is 0 Å². The first-order valence-electron chi connectivity index (χ1n) is 5.63. The minimum atomic E-state index is -2.87. The number of aromatic hydroxyl groups is 1. The van der Waals surface area contributed by atoms with E-state index in [0.717, 1.165) is 18.5 Å². The molecule has 1 atom stereocenters.